The predicted molar refractivity (Wildman–Crippen MR) is 58.1 cm³/mol. The molecule has 2 rings (SSSR count). The molecule has 0 saturated heterocycles. The Morgan fingerprint density at radius 3 is 2.40 bits per heavy atom. The summed E-state index contributed by atoms with van der Waals surface area (Å²) < 4.78 is 5.40. The van der Waals surface area contributed by atoms with Crippen LogP contribution in [0.5, 0.6) is 0 Å². The zero-order valence-corrected chi connectivity index (χ0v) is 9.82. The Balaban J connectivity index is 1.88. The molecule has 0 heterocycles. The van der Waals surface area contributed by atoms with Crippen LogP contribution in [0.1, 0.15) is 40.0 Å². The highest BCUT2D eigenvalue weighted by molar-refractivity contribution is 5.73. The van der Waals surface area contributed by atoms with Crippen molar-refractivity contribution < 1.29 is 9.53 Å². The second-order valence-corrected chi connectivity index (χ2v) is 6.03. The minimum absolute atomic E-state index is 0.0240. The summed E-state index contributed by atoms with van der Waals surface area (Å²) in [4.78, 5) is 11.8. The first-order valence-electron chi connectivity index (χ1n) is 5.85. The maximum absolute atomic E-state index is 11.8. The van der Waals surface area contributed by atoms with Crippen molar-refractivity contribution >= 4 is 5.97 Å². The Morgan fingerprint density at radius 2 is 1.93 bits per heavy atom. The minimum Gasteiger partial charge on any atom is -0.460 e. The normalized spacial score (nSPS) is 39.5. The fraction of sp³-hybridized carbons (Fsp3) is 0.917. The average Bonchev–Trinajstić information content (AvgIpc) is 2.39. The van der Waals surface area contributed by atoms with E-state index in [0.29, 0.717) is 17.9 Å². The topological polar surface area (TPSA) is 52.3 Å². The molecule has 3 heteroatoms. The lowest BCUT2D eigenvalue weighted by molar-refractivity contribution is -0.159. The van der Waals surface area contributed by atoms with Crippen LogP contribution in [0.2, 0.25) is 0 Å². The first kappa shape index (κ1) is 10.9. The molecule has 2 N–H and O–H groups in total. The lowest BCUT2D eigenvalue weighted by atomic mass is 9.72. The van der Waals surface area contributed by atoms with E-state index < -0.39 is 0 Å². The highest BCUT2D eigenvalue weighted by Gasteiger charge is 2.48. The number of ether oxygens (including phenoxy) is 1. The molecule has 0 aliphatic heterocycles. The molecule has 2 saturated carbocycles. The summed E-state index contributed by atoms with van der Waals surface area (Å²) in [5, 5.41) is 0. The van der Waals surface area contributed by atoms with Gasteiger partial charge in [0.15, 0.2) is 0 Å². The Kier molecular flexibility index (Phi) is 2.53. The summed E-state index contributed by atoms with van der Waals surface area (Å²) in [5.74, 6) is 1.36. The smallest absolute Gasteiger partial charge is 0.309 e. The molecule has 2 fully saturated rings. The molecule has 4 atom stereocenters. The van der Waals surface area contributed by atoms with Crippen LogP contribution in [0.4, 0.5) is 0 Å². The second kappa shape index (κ2) is 3.48. The summed E-state index contributed by atoms with van der Waals surface area (Å²) in [6.45, 7) is 5.75. The highest BCUT2D eigenvalue weighted by Crippen LogP contribution is 2.49. The van der Waals surface area contributed by atoms with E-state index in [1.54, 1.807) is 0 Å². The zero-order chi connectivity index (χ0) is 11.2. The quantitative estimate of drug-likeness (QED) is 0.672. The van der Waals surface area contributed by atoms with E-state index in [9.17, 15) is 4.79 Å². The van der Waals surface area contributed by atoms with Gasteiger partial charge in [0.2, 0.25) is 0 Å². The monoisotopic (exact) mass is 211 g/mol. The fourth-order valence-electron chi connectivity index (χ4n) is 2.86. The van der Waals surface area contributed by atoms with E-state index in [1.165, 1.54) is 0 Å². The standard InChI is InChI=1S/C12H21NO2/c1-12(2,3)15-11(14)8-4-7-6-10(13)9(7)5-8/h7-10H,4-6,13H2,1-3H3/t7-,8?,9-,10-/m0/s1. The van der Waals surface area contributed by atoms with Gasteiger partial charge in [-0.1, -0.05) is 0 Å². The van der Waals surface area contributed by atoms with Crippen molar-refractivity contribution in [3.63, 3.8) is 0 Å². The van der Waals surface area contributed by atoms with Crippen molar-refractivity contribution in [1.82, 2.24) is 0 Å². The zero-order valence-electron chi connectivity index (χ0n) is 9.82. The average molecular weight is 211 g/mol. The van der Waals surface area contributed by atoms with Crippen molar-refractivity contribution in [2.45, 2.75) is 51.7 Å². The summed E-state index contributed by atoms with van der Waals surface area (Å²) in [6.07, 6.45) is 3.04. The fourth-order valence-corrected chi connectivity index (χ4v) is 2.86. The molecular formula is C12H21NO2. The summed E-state index contributed by atoms with van der Waals surface area (Å²) in [5.41, 5.74) is 5.54. The molecule has 0 radical (unpaired) electrons. The number of esters is 1. The molecule has 2 aliphatic rings. The minimum atomic E-state index is -0.360. The van der Waals surface area contributed by atoms with Gasteiger partial charge in [0.25, 0.3) is 0 Å². The molecule has 1 unspecified atom stereocenters. The molecule has 15 heavy (non-hydrogen) atoms. The Bertz CT molecular complexity index is 269. The number of carbonyl (C=O) groups excluding carboxylic acids is 1. The van der Waals surface area contributed by atoms with Crippen LogP contribution in [0.25, 0.3) is 0 Å². The van der Waals surface area contributed by atoms with E-state index in [2.05, 4.69) is 0 Å². The number of fused-ring (bicyclic) bond motifs is 1. The van der Waals surface area contributed by atoms with Crippen molar-refractivity contribution in [2.75, 3.05) is 0 Å². The third-order valence-electron chi connectivity index (χ3n) is 3.61. The maximum atomic E-state index is 11.8. The Hall–Kier alpha value is -0.570. The van der Waals surface area contributed by atoms with Crippen molar-refractivity contribution in [3.05, 3.63) is 0 Å². The number of nitrogens with two attached hydrogens (primary N) is 1. The van der Waals surface area contributed by atoms with Crippen LogP contribution in [-0.2, 0) is 9.53 Å². The van der Waals surface area contributed by atoms with Gasteiger partial charge in [-0.3, -0.25) is 4.79 Å². The summed E-state index contributed by atoms with van der Waals surface area (Å²) in [7, 11) is 0. The predicted octanol–water partition coefficient (Wildman–Crippen LogP) is 1.70. The lowest BCUT2D eigenvalue weighted by Gasteiger charge is -2.37. The van der Waals surface area contributed by atoms with E-state index >= 15 is 0 Å². The third kappa shape index (κ3) is 2.17. The number of hydrogen-bond donors (Lipinski definition) is 1. The van der Waals surface area contributed by atoms with Gasteiger partial charge in [-0.05, 0) is 51.9 Å². The second-order valence-electron chi connectivity index (χ2n) is 6.03. The van der Waals surface area contributed by atoms with Crippen LogP contribution in [0.15, 0.2) is 0 Å². The van der Waals surface area contributed by atoms with Gasteiger partial charge in [-0.15, -0.1) is 0 Å². The summed E-state index contributed by atoms with van der Waals surface area (Å²) in [6, 6.07) is 0.336. The largest absolute Gasteiger partial charge is 0.460 e. The van der Waals surface area contributed by atoms with Crippen LogP contribution in [0.3, 0.4) is 0 Å². The molecular weight excluding hydrogens is 190 g/mol. The van der Waals surface area contributed by atoms with Crippen molar-refractivity contribution in [1.29, 1.82) is 0 Å². The van der Waals surface area contributed by atoms with E-state index in [0.717, 1.165) is 19.3 Å². The van der Waals surface area contributed by atoms with E-state index in [4.69, 9.17) is 10.5 Å². The Morgan fingerprint density at radius 1 is 1.27 bits per heavy atom. The van der Waals surface area contributed by atoms with Gasteiger partial charge >= 0.3 is 5.97 Å². The molecule has 0 aromatic heterocycles. The number of carbonyl (C=O) groups is 1. The number of hydrogen-bond acceptors (Lipinski definition) is 3. The Labute approximate surface area is 91.4 Å². The lowest BCUT2D eigenvalue weighted by Crippen LogP contribution is -2.44. The molecule has 0 spiro atoms. The van der Waals surface area contributed by atoms with Crippen molar-refractivity contribution in [3.8, 4) is 0 Å². The number of rotatable bonds is 1. The molecule has 3 nitrogen and oxygen atoms in total. The molecule has 2 aliphatic carbocycles. The van der Waals surface area contributed by atoms with Gasteiger partial charge < -0.3 is 10.5 Å². The van der Waals surface area contributed by atoms with Gasteiger partial charge in [-0.25, -0.2) is 0 Å². The highest BCUT2D eigenvalue weighted by atomic mass is 16.6. The third-order valence-corrected chi connectivity index (χ3v) is 3.61. The van der Waals surface area contributed by atoms with Crippen LogP contribution < -0.4 is 5.73 Å². The van der Waals surface area contributed by atoms with Crippen LogP contribution in [0, 0.1) is 17.8 Å². The maximum Gasteiger partial charge on any atom is 0.309 e. The first-order valence-corrected chi connectivity index (χ1v) is 5.85. The van der Waals surface area contributed by atoms with E-state index in [-0.39, 0.29) is 17.5 Å². The molecule has 86 valence electrons. The van der Waals surface area contributed by atoms with Gasteiger partial charge in [-0.2, -0.15) is 0 Å². The van der Waals surface area contributed by atoms with Crippen LogP contribution >= 0.6 is 0 Å². The van der Waals surface area contributed by atoms with Gasteiger partial charge in [0.05, 0.1) is 5.92 Å². The molecule has 0 aromatic carbocycles. The van der Waals surface area contributed by atoms with Gasteiger partial charge in [0, 0.05) is 6.04 Å². The molecule has 0 aromatic rings. The first-order chi connectivity index (χ1) is 6.87. The molecule has 0 bridgehead atoms. The van der Waals surface area contributed by atoms with Crippen LogP contribution in [-0.4, -0.2) is 17.6 Å². The van der Waals surface area contributed by atoms with Crippen molar-refractivity contribution in [2.24, 2.45) is 23.5 Å². The molecule has 0 amide bonds. The van der Waals surface area contributed by atoms with E-state index in [1.807, 2.05) is 20.8 Å². The SMILES string of the molecule is CC(C)(C)OC(=O)C1C[C@H]2C[C@H](N)[C@H]2C1. The van der Waals surface area contributed by atoms with Gasteiger partial charge in [0.1, 0.15) is 5.60 Å². The summed E-state index contributed by atoms with van der Waals surface area (Å²) >= 11 is 0.